The molecule has 10 heteroatoms. The fraction of sp³-hybridized carbons (Fsp3) is 0.429. The van der Waals surface area contributed by atoms with E-state index >= 15 is 0 Å². The zero-order valence-electron chi connectivity index (χ0n) is 17.1. The number of ether oxygens (including phenoxy) is 1. The number of carbonyl (C=O) groups excluding carboxylic acids is 1. The van der Waals surface area contributed by atoms with Gasteiger partial charge in [-0.3, -0.25) is 14.4 Å². The van der Waals surface area contributed by atoms with Crippen LogP contribution in [0.2, 0.25) is 0 Å². The van der Waals surface area contributed by atoms with E-state index in [1.807, 2.05) is 30.3 Å². The second-order valence-electron chi connectivity index (χ2n) is 7.42. The first-order chi connectivity index (χ1) is 14.8. The molecule has 2 aromatic rings. The number of benzene rings is 1. The van der Waals surface area contributed by atoms with Crippen molar-refractivity contribution < 1.29 is 27.1 Å². The van der Waals surface area contributed by atoms with Gasteiger partial charge < -0.3 is 4.74 Å². The third kappa shape index (κ3) is 6.36. The van der Waals surface area contributed by atoms with Gasteiger partial charge in [0.2, 0.25) is 11.3 Å². The molecule has 1 aliphatic heterocycles. The van der Waals surface area contributed by atoms with E-state index in [1.54, 1.807) is 11.0 Å². The lowest BCUT2D eigenvalue weighted by Crippen LogP contribution is -2.34. The van der Waals surface area contributed by atoms with E-state index in [2.05, 4.69) is 9.72 Å². The summed E-state index contributed by atoms with van der Waals surface area (Å²) in [4.78, 5) is 17.4. The molecule has 0 aliphatic carbocycles. The second kappa shape index (κ2) is 10.4. The number of nitrogens with zero attached hydrogens (tertiary/aromatic N) is 3. The molecule has 3 rings (SSSR count). The SMILES string of the molecule is COC(=O)c1ccc(CN(CCC(c2ccccc2)N2CCC(F)(F)C2)S(=O)O)nc1. The highest BCUT2D eigenvalue weighted by Gasteiger charge is 2.41. The molecule has 2 atom stereocenters. The van der Waals surface area contributed by atoms with Crippen LogP contribution in [0.4, 0.5) is 8.78 Å². The minimum atomic E-state index is -2.72. The Morgan fingerprint density at radius 1 is 1.32 bits per heavy atom. The van der Waals surface area contributed by atoms with Gasteiger partial charge in [-0.15, -0.1) is 0 Å². The van der Waals surface area contributed by atoms with E-state index in [0.29, 0.717) is 12.1 Å². The number of rotatable bonds is 9. The zero-order chi connectivity index (χ0) is 22.4. The van der Waals surface area contributed by atoms with Crippen molar-refractivity contribution in [1.82, 2.24) is 14.2 Å². The number of esters is 1. The summed E-state index contributed by atoms with van der Waals surface area (Å²) in [5.41, 5.74) is 1.67. The predicted molar refractivity (Wildman–Crippen MR) is 112 cm³/mol. The van der Waals surface area contributed by atoms with Crippen LogP contribution in [0.1, 0.15) is 40.5 Å². The fourth-order valence-corrected chi connectivity index (χ4v) is 4.18. The summed E-state index contributed by atoms with van der Waals surface area (Å²) in [7, 11) is 1.27. The maximum Gasteiger partial charge on any atom is 0.339 e. The molecule has 0 radical (unpaired) electrons. The predicted octanol–water partition coefficient (Wildman–Crippen LogP) is 3.28. The van der Waals surface area contributed by atoms with Crippen LogP contribution in [0.3, 0.4) is 0 Å². The molecule has 1 fully saturated rings. The molecule has 1 N–H and O–H groups in total. The average molecular weight is 454 g/mol. The summed E-state index contributed by atoms with van der Waals surface area (Å²) in [6, 6.07) is 12.2. The lowest BCUT2D eigenvalue weighted by Gasteiger charge is -2.29. The Labute approximate surface area is 182 Å². The van der Waals surface area contributed by atoms with Crippen molar-refractivity contribution in [2.45, 2.75) is 31.4 Å². The van der Waals surface area contributed by atoms with Crippen molar-refractivity contribution in [3.63, 3.8) is 0 Å². The van der Waals surface area contributed by atoms with Crippen molar-refractivity contribution in [1.29, 1.82) is 0 Å². The summed E-state index contributed by atoms with van der Waals surface area (Å²) < 4.78 is 55.2. The standard InChI is InChI=1S/C21H25F2N3O4S/c1-30-20(27)17-7-8-18(24-13-17)14-26(31(28)29)11-9-19(16-5-3-2-4-6-16)25-12-10-21(22,23)15-25/h2-8,13,19H,9-12,14-15H2,1H3,(H,28,29). The summed E-state index contributed by atoms with van der Waals surface area (Å²) in [5, 5.41) is 0. The van der Waals surface area contributed by atoms with E-state index in [4.69, 9.17) is 0 Å². The highest BCUT2D eigenvalue weighted by atomic mass is 32.2. The number of carbonyl (C=O) groups is 1. The van der Waals surface area contributed by atoms with Gasteiger partial charge in [0.1, 0.15) is 0 Å². The van der Waals surface area contributed by atoms with Crippen LogP contribution in [0.25, 0.3) is 0 Å². The van der Waals surface area contributed by atoms with Gasteiger partial charge in [-0.25, -0.2) is 17.8 Å². The quantitative estimate of drug-likeness (QED) is 0.464. The highest BCUT2D eigenvalue weighted by Crippen LogP contribution is 2.35. The first-order valence-electron chi connectivity index (χ1n) is 9.85. The van der Waals surface area contributed by atoms with Gasteiger partial charge in [0.25, 0.3) is 5.92 Å². The average Bonchev–Trinajstić information content (AvgIpc) is 3.13. The van der Waals surface area contributed by atoms with Crippen molar-refractivity contribution in [2.75, 3.05) is 26.7 Å². The number of pyridine rings is 1. The van der Waals surface area contributed by atoms with Crippen LogP contribution >= 0.6 is 0 Å². The Morgan fingerprint density at radius 2 is 2.06 bits per heavy atom. The van der Waals surface area contributed by atoms with Crippen LogP contribution in [0.5, 0.6) is 0 Å². The number of hydrogen-bond donors (Lipinski definition) is 1. The van der Waals surface area contributed by atoms with Gasteiger partial charge in [0.15, 0.2) is 0 Å². The lowest BCUT2D eigenvalue weighted by molar-refractivity contribution is 0.00672. The summed E-state index contributed by atoms with van der Waals surface area (Å²) in [6.45, 7) is 0.212. The number of methoxy groups -OCH3 is 1. The number of likely N-dealkylation sites (tertiary alicyclic amines) is 1. The van der Waals surface area contributed by atoms with Gasteiger partial charge in [-0.1, -0.05) is 30.3 Å². The van der Waals surface area contributed by atoms with Crippen molar-refractivity contribution in [3.8, 4) is 0 Å². The van der Waals surface area contributed by atoms with Crippen LogP contribution in [0.15, 0.2) is 48.7 Å². The molecule has 1 saturated heterocycles. The maximum atomic E-state index is 13.8. The third-order valence-electron chi connectivity index (χ3n) is 5.28. The molecule has 2 unspecified atom stereocenters. The van der Waals surface area contributed by atoms with Gasteiger partial charge in [0.05, 0.1) is 31.5 Å². The van der Waals surface area contributed by atoms with Crippen molar-refractivity contribution in [3.05, 3.63) is 65.5 Å². The normalized spacial score (nSPS) is 18.1. The number of aromatic nitrogens is 1. The van der Waals surface area contributed by atoms with Crippen LogP contribution < -0.4 is 0 Å². The van der Waals surface area contributed by atoms with Crippen LogP contribution in [-0.2, 0) is 22.5 Å². The maximum absolute atomic E-state index is 13.8. The molecule has 7 nitrogen and oxygen atoms in total. The van der Waals surface area contributed by atoms with Gasteiger partial charge in [-0.05, 0) is 24.1 Å². The van der Waals surface area contributed by atoms with Gasteiger partial charge in [-0.2, -0.15) is 4.31 Å². The Balaban J connectivity index is 1.70. The molecule has 0 saturated carbocycles. The molecule has 0 bridgehead atoms. The first kappa shape index (κ1) is 23.4. The summed E-state index contributed by atoms with van der Waals surface area (Å²) in [6.07, 6.45) is 1.55. The lowest BCUT2D eigenvalue weighted by atomic mass is 10.0. The van der Waals surface area contributed by atoms with Gasteiger partial charge in [0, 0.05) is 31.7 Å². The Hall–Kier alpha value is -2.27. The largest absolute Gasteiger partial charge is 0.465 e. The summed E-state index contributed by atoms with van der Waals surface area (Å²) >= 11 is -2.27. The Bertz CT molecular complexity index is 899. The van der Waals surface area contributed by atoms with E-state index in [-0.39, 0.29) is 44.2 Å². The number of halogens is 2. The second-order valence-corrected chi connectivity index (χ2v) is 8.39. The Morgan fingerprint density at radius 3 is 2.61 bits per heavy atom. The molecular formula is C21H25F2N3O4S. The molecule has 1 aromatic heterocycles. The van der Waals surface area contributed by atoms with Gasteiger partial charge >= 0.3 is 5.97 Å². The first-order valence-corrected chi connectivity index (χ1v) is 10.9. The number of hydrogen-bond acceptors (Lipinski definition) is 5. The minimum Gasteiger partial charge on any atom is -0.465 e. The van der Waals surface area contributed by atoms with Crippen LogP contribution in [-0.4, -0.2) is 61.6 Å². The van der Waals surface area contributed by atoms with E-state index in [1.165, 1.54) is 23.7 Å². The monoisotopic (exact) mass is 453 g/mol. The topological polar surface area (TPSA) is 83.0 Å². The molecule has 1 aromatic carbocycles. The Kier molecular flexibility index (Phi) is 7.82. The molecule has 0 spiro atoms. The molecule has 1 aliphatic rings. The molecular weight excluding hydrogens is 428 g/mol. The zero-order valence-corrected chi connectivity index (χ0v) is 17.9. The van der Waals surface area contributed by atoms with Crippen molar-refractivity contribution >= 4 is 17.2 Å². The molecule has 31 heavy (non-hydrogen) atoms. The highest BCUT2D eigenvalue weighted by molar-refractivity contribution is 7.76. The van der Waals surface area contributed by atoms with E-state index in [9.17, 15) is 22.3 Å². The summed E-state index contributed by atoms with van der Waals surface area (Å²) in [5.74, 6) is -3.24. The van der Waals surface area contributed by atoms with Crippen LogP contribution in [0, 0.1) is 0 Å². The number of alkyl halides is 2. The molecule has 168 valence electrons. The fourth-order valence-electron chi connectivity index (χ4n) is 3.68. The smallest absolute Gasteiger partial charge is 0.339 e. The third-order valence-corrected chi connectivity index (χ3v) is 6.03. The minimum absolute atomic E-state index is 0.0717. The molecule has 0 amide bonds. The van der Waals surface area contributed by atoms with E-state index < -0.39 is 23.2 Å². The molecule has 2 heterocycles. The van der Waals surface area contributed by atoms with Crippen molar-refractivity contribution in [2.24, 2.45) is 0 Å². The van der Waals surface area contributed by atoms with E-state index in [0.717, 1.165) is 5.56 Å².